The van der Waals surface area contributed by atoms with Crippen LogP contribution in [0.2, 0.25) is 0 Å². The highest BCUT2D eigenvalue weighted by Gasteiger charge is 2.26. The molecule has 0 bridgehead atoms. The van der Waals surface area contributed by atoms with Gasteiger partial charge in [0.15, 0.2) is 0 Å². The van der Waals surface area contributed by atoms with E-state index < -0.39 is 47.7 Å². The van der Waals surface area contributed by atoms with Gasteiger partial charge in [-0.1, -0.05) is 0 Å². The highest BCUT2D eigenvalue weighted by molar-refractivity contribution is 5.87. The zero-order valence-electron chi connectivity index (χ0n) is 16.8. The first kappa shape index (κ1) is 24.6. The average molecular weight is 389 g/mol. The zero-order valence-corrected chi connectivity index (χ0v) is 16.8. The minimum absolute atomic E-state index is 0.208. The Balaban J connectivity index is 4.55. The van der Waals surface area contributed by atoms with Gasteiger partial charge in [0.1, 0.15) is 17.7 Å². The number of nitrogens with one attached hydrogen (secondary N) is 2. The Kier molecular flexibility index (Phi) is 10.4. The molecule has 0 aromatic heterocycles. The van der Waals surface area contributed by atoms with Gasteiger partial charge in [-0.2, -0.15) is 0 Å². The highest BCUT2D eigenvalue weighted by atomic mass is 16.6. The summed E-state index contributed by atoms with van der Waals surface area (Å²) in [6, 6.07) is -2.61. The molecule has 3 atom stereocenters. The van der Waals surface area contributed by atoms with Gasteiger partial charge in [0.25, 0.3) is 0 Å². The summed E-state index contributed by atoms with van der Waals surface area (Å²) in [5, 5.41) is 4.88. The molecule has 156 valence electrons. The Hall–Kier alpha value is -2.36. The van der Waals surface area contributed by atoms with E-state index in [2.05, 4.69) is 20.1 Å². The van der Waals surface area contributed by atoms with Gasteiger partial charge in [0.2, 0.25) is 5.91 Å². The molecule has 0 spiro atoms. The van der Waals surface area contributed by atoms with Crippen LogP contribution >= 0.6 is 0 Å². The SMILES string of the molecule is COC(=O)C(CCC[C@H](N)C(=O)N[C@@H](C)C(=O)OC)NC(=O)OC(C)(C)C. The maximum Gasteiger partial charge on any atom is 0.408 e. The Bertz CT molecular complexity index is 531. The zero-order chi connectivity index (χ0) is 21.2. The lowest BCUT2D eigenvalue weighted by Gasteiger charge is -2.23. The third-order valence-electron chi connectivity index (χ3n) is 3.43. The van der Waals surface area contributed by atoms with Crippen molar-refractivity contribution < 1.29 is 33.4 Å². The number of ether oxygens (including phenoxy) is 3. The molecule has 10 nitrogen and oxygen atoms in total. The first-order valence-electron chi connectivity index (χ1n) is 8.62. The van der Waals surface area contributed by atoms with Crippen molar-refractivity contribution >= 4 is 23.9 Å². The highest BCUT2D eigenvalue weighted by Crippen LogP contribution is 2.09. The number of amides is 2. The standard InChI is InChI=1S/C17H31N3O7/c1-10(14(22)25-5)19-13(21)11(18)8-7-9-12(15(23)26-6)20-16(24)27-17(2,3)4/h10-12H,7-9,18H2,1-6H3,(H,19,21)(H,20,24)/t10-,11-,12?/m0/s1. The molecule has 0 aromatic carbocycles. The van der Waals surface area contributed by atoms with Crippen molar-refractivity contribution in [3.63, 3.8) is 0 Å². The van der Waals surface area contributed by atoms with E-state index in [0.717, 1.165) is 0 Å². The van der Waals surface area contributed by atoms with Crippen LogP contribution in [0.3, 0.4) is 0 Å². The van der Waals surface area contributed by atoms with Crippen LogP contribution in [0.4, 0.5) is 4.79 Å². The van der Waals surface area contributed by atoms with Gasteiger partial charge in [0.05, 0.1) is 20.3 Å². The van der Waals surface area contributed by atoms with Crippen molar-refractivity contribution in [1.29, 1.82) is 0 Å². The number of nitrogens with two attached hydrogens (primary N) is 1. The minimum Gasteiger partial charge on any atom is -0.467 e. The maximum absolute atomic E-state index is 11.9. The van der Waals surface area contributed by atoms with Crippen LogP contribution in [0.5, 0.6) is 0 Å². The van der Waals surface area contributed by atoms with Gasteiger partial charge in [-0.25, -0.2) is 14.4 Å². The van der Waals surface area contributed by atoms with Crippen molar-refractivity contribution in [2.45, 2.75) is 70.7 Å². The fourth-order valence-corrected chi connectivity index (χ4v) is 2.07. The summed E-state index contributed by atoms with van der Waals surface area (Å²) in [7, 11) is 2.43. The third kappa shape index (κ3) is 10.4. The van der Waals surface area contributed by atoms with E-state index in [4.69, 9.17) is 10.5 Å². The quantitative estimate of drug-likeness (QED) is 0.375. The molecule has 2 amide bonds. The number of esters is 2. The first-order valence-corrected chi connectivity index (χ1v) is 8.62. The van der Waals surface area contributed by atoms with Gasteiger partial charge < -0.3 is 30.6 Å². The summed E-state index contributed by atoms with van der Waals surface area (Å²) in [6.07, 6.45) is 0.0613. The lowest BCUT2D eigenvalue weighted by Crippen LogP contribution is -2.47. The van der Waals surface area contributed by atoms with Gasteiger partial charge >= 0.3 is 18.0 Å². The lowest BCUT2D eigenvalue weighted by atomic mass is 10.1. The molecule has 1 unspecified atom stereocenters. The number of hydrogen-bond donors (Lipinski definition) is 3. The number of alkyl carbamates (subject to hydrolysis) is 1. The molecule has 0 aliphatic carbocycles. The minimum atomic E-state index is -0.922. The summed E-state index contributed by atoms with van der Waals surface area (Å²) in [5.74, 6) is -1.72. The van der Waals surface area contributed by atoms with Crippen molar-refractivity contribution in [3.8, 4) is 0 Å². The summed E-state index contributed by atoms with van der Waals surface area (Å²) >= 11 is 0. The van der Waals surface area contributed by atoms with Crippen LogP contribution in [-0.4, -0.2) is 61.9 Å². The van der Waals surface area contributed by atoms with Crippen LogP contribution in [-0.2, 0) is 28.6 Å². The van der Waals surface area contributed by atoms with Crippen LogP contribution in [0.15, 0.2) is 0 Å². The Morgan fingerprint density at radius 3 is 2.00 bits per heavy atom. The lowest BCUT2D eigenvalue weighted by molar-refractivity contribution is -0.145. The summed E-state index contributed by atoms with van der Waals surface area (Å²) in [5.41, 5.74) is 5.09. The van der Waals surface area contributed by atoms with E-state index in [0.29, 0.717) is 6.42 Å². The smallest absolute Gasteiger partial charge is 0.408 e. The Labute approximate surface area is 159 Å². The molecule has 0 radical (unpaired) electrons. The Morgan fingerprint density at radius 1 is 0.963 bits per heavy atom. The molecular formula is C17H31N3O7. The van der Waals surface area contributed by atoms with E-state index in [1.54, 1.807) is 20.8 Å². The number of rotatable bonds is 9. The van der Waals surface area contributed by atoms with E-state index in [1.165, 1.54) is 21.1 Å². The molecule has 0 aliphatic heterocycles. The molecule has 10 heteroatoms. The Morgan fingerprint density at radius 2 is 1.52 bits per heavy atom. The van der Waals surface area contributed by atoms with Crippen LogP contribution < -0.4 is 16.4 Å². The van der Waals surface area contributed by atoms with Crippen LogP contribution in [0.1, 0.15) is 47.0 Å². The number of carbonyl (C=O) groups excluding carboxylic acids is 4. The summed E-state index contributed by atoms with van der Waals surface area (Å²) in [6.45, 7) is 6.58. The van der Waals surface area contributed by atoms with Crippen molar-refractivity contribution in [3.05, 3.63) is 0 Å². The van der Waals surface area contributed by atoms with Gasteiger partial charge in [-0.3, -0.25) is 4.79 Å². The van der Waals surface area contributed by atoms with E-state index in [1.807, 2.05) is 0 Å². The molecular weight excluding hydrogens is 358 g/mol. The fourth-order valence-electron chi connectivity index (χ4n) is 2.07. The second kappa shape index (κ2) is 11.4. The van der Waals surface area contributed by atoms with E-state index in [9.17, 15) is 19.2 Å². The molecule has 0 aromatic rings. The molecule has 0 aliphatic rings. The predicted octanol–water partition coefficient (Wildman–Crippen LogP) is 0.228. The number of carbonyl (C=O) groups is 4. The largest absolute Gasteiger partial charge is 0.467 e. The molecule has 0 saturated heterocycles. The average Bonchev–Trinajstić information content (AvgIpc) is 2.57. The molecule has 0 heterocycles. The fraction of sp³-hybridized carbons (Fsp3) is 0.765. The summed E-state index contributed by atoms with van der Waals surface area (Å²) < 4.78 is 14.3. The molecule has 0 saturated carbocycles. The van der Waals surface area contributed by atoms with Crippen LogP contribution in [0.25, 0.3) is 0 Å². The van der Waals surface area contributed by atoms with Gasteiger partial charge in [-0.15, -0.1) is 0 Å². The molecule has 0 rings (SSSR count). The predicted molar refractivity (Wildman–Crippen MR) is 96.6 cm³/mol. The molecule has 4 N–H and O–H groups in total. The number of methoxy groups -OCH3 is 2. The first-order chi connectivity index (χ1) is 12.4. The molecule has 27 heavy (non-hydrogen) atoms. The van der Waals surface area contributed by atoms with Crippen molar-refractivity contribution in [1.82, 2.24) is 10.6 Å². The maximum atomic E-state index is 11.9. The second-order valence-electron chi connectivity index (χ2n) is 7.01. The monoisotopic (exact) mass is 389 g/mol. The van der Waals surface area contributed by atoms with Crippen molar-refractivity contribution in [2.24, 2.45) is 5.73 Å². The van der Waals surface area contributed by atoms with Gasteiger partial charge in [-0.05, 0) is 47.0 Å². The normalized spacial score (nSPS) is 14.3. The van der Waals surface area contributed by atoms with E-state index in [-0.39, 0.29) is 12.8 Å². The van der Waals surface area contributed by atoms with Crippen molar-refractivity contribution in [2.75, 3.05) is 14.2 Å². The topological polar surface area (TPSA) is 146 Å². The van der Waals surface area contributed by atoms with E-state index >= 15 is 0 Å². The third-order valence-corrected chi connectivity index (χ3v) is 3.43. The summed E-state index contributed by atoms with van der Waals surface area (Å²) in [4.78, 5) is 46.9. The van der Waals surface area contributed by atoms with Crippen LogP contribution in [0, 0.1) is 0 Å². The number of hydrogen-bond acceptors (Lipinski definition) is 8. The van der Waals surface area contributed by atoms with Gasteiger partial charge in [0, 0.05) is 0 Å². The molecule has 0 fully saturated rings. The second-order valence-corrected chi connectivity index (χ2v) is 7.01.